The number of carboxylic acids is 1. The zero-order chi connectivity index (χ0) is 15.7. The number of carbonyl (C=O) groups excluding carboxylic acids is 2. The standard InChI is InChI=1S/C13H24N2O5/c1-9(2)5-10(6-11(16)17)7-14-13(19)15(3)8-12(18)20-4/h9-10H,5-8H2,1-4H3,(H,14,19)(H,16,17). The maximum atomic E-state index is 11.7. The number of rotatable bonds is 8. The predicted octanol–water partition coefficient (Wildman–Crippen LogP) is 0.938. The molecule has 7 heteroatoms. The summed E-state index contributed by atoms with van der Waals surface area (Å²) in [6, 6.07) is -0.422. The lowest BCUT2D eigenvalue weighted by Crippen LogP contribution is -2.42. The van der Waals surface area contributed by atoms with E-state index in [2.05, 4.69) is 10.1 Å². The van der Waals surface area contributed by atoms with E-state index in [1.54, 1.807) is 0 Å². The van der Waals surface area contributed by atoms with E-state index in [9.17, 15) is 14.4 Å². The summed E-state index contributed by atoms with van der Waals surface area (Å²) in [6.45, 7) is 4.13. The average Bonchev–Trinajstić information content (AvgIpc) is 2.33. The van der Waals surface area contributed by atoms with Crippen LogP contribution in [0.25, 0.3) is 0 Å². The monoisotopic (exact) mass is 288 g/mol. The van der Waals surface area contributed by atoms with Crippen LogP contribution in [-0.2, 0) is 14.3 Å². The van der Waals surface area contributed by atoms with Gasteiger partial charge in [-0.05, 0) is 18.3 Å². The third kappa shape index (κ3) is 8.34. The van der Waals surface area contributed by atoms with Crippen LogP contribution in [-0.4, -0.2) is 55.2 Å². The van der Waals surface area contributed by atoms with Crippen LogP contribution < -0.4 is 5.32 Å². The van der Waals surface area contributed by atoms with Gasteiger partial charge in [-0.3, -0.25) is 9.59 Å². The third-order valence-electron chi connectivity index (χ3n) is 2.75. The second kappa shape index (κ2) is 9.17. The fraction of sp³-hybridized carbons (Fsp3) is 0.769. The molecule has 0 bridgehead atoms. The van der Waals surface area contributed by atoms with E-state index in [1.807, 2.05) is 13.8 Å². The van der Waals surface area contributed by atoms with Gasteiger partial charge in [-0.1, -0.05) is 13.8 Å². The Balaban J connectivity index is 4.27. The fourth-order valence-electron chi connectivity index (χ4n) is 1.85. The quantitative estimate of drug-likeness (QED) is 0.648. The van der Waals surface area contributed by atoms with Gasteiger partial charge in [0.2, 0.25) is 0 Å². The van der Waals surface area contributed by atoms with Crippen LogP contribution in [0.5, 0.6) is 0 Å². The Bertz CT molecular complexity index is 344. The minimum Gasteiger partial charge on any atom is -0.481 e. The van der Waals surface area contributed by atoms with Crippen LogP contribution in [0.1, 0.15) is 26.7 Å². The highest BCUT2D eigenvalue weighted by atomic mass is 16.5. The molecule has 0 aromatic rings. The van der Waals surface area contributed by atoms with Crippen LogP contribution >= 0.6 is 0 Å². The molecule has 20 heavy (non-hydrogen) atoms. The molecule has 0 aliphatic rings. The first-order valence-electron chi connectivity index (χ1n) is 6.53. The highest BCUT2D eigenvalue weighted by Crippen LogP contribution is 2.14. The summed E-state index contributed by atoms with van der Waals surface area (Å²) in [7, 11) is 2.72. The summed E-state index contributed by atoms with van der Waals surface area (Å²) in [6.07, 6.45) is 0.729. The molecule has 0 radical (unpaired) electrons. The van der Waals surface area contributed by atoms with Gasteiger partial charge in [0, 0.05) is 20.0 Å². The van der Waals surface area contributed by atoms with Crippen LogP contribution in [0.15, 0.2) is 0 Å². The Morgan fingerprint density at radius 1 is 1.30 bits per heavy atom. The molecule has 0 aliphatic carbocycles. The molecule has 0 rings (SSSR count). The van der Waals surface area contributed by atoms with Crippen molar-refractivity contribution in [1.82, 2.24) is 10.2 Å². The first kappa shape index (κ1) is 18.2. The van der Waals surface area contributed by atoms with Gasteiger partial charge in [0.25, 0.3) is 0 Å². The van der Waals surface area contributed by atoms with Crippen molar-refractivity contribution in [2.24, 2.45) is 11.8 Å². The Labute approximate surface area is 119 Å². The maximum absolute atomic E-state index is 11.7. The summed E-state index contributed by atoms with van der Waals surface area (Å²) in [5, 5.41) is 11.5. The van der Waals surface area contributed by atoms with E-state index in [4.69, 9.17) is 5.11 Å². The molecule has 116 valence electrons. The number of ether oxygens (including phenoxy) is 1. The number of nitrogens with one attached hydrogen (secondary N) is 1. The van der Waals surface area contributed by atoms with Gasteiger partial charge in [0.15, 0.2) is 0 Å². The van der Waals surface area contributed by atoms with E-state index in [0.717, 1.165) is 0 Å². The van der Waals surface area contributed by atoms with Crippen LogP contribution in [0.2, 0.25) is 0 Å². The van der Waals surface area contributed by atoms with Gasteiger partial charge in [-0.2, -0.15) is 0 Å². The smallest absolute Gasteiger partial charge is 0.325 e. The first-order chi connectivity index (χ1) is 9.26. The summed E-state index contributed by atoms with van der Waals surface area (Å²) in [5.41, 5.74) is 0. The third-order valence-corrected chi connectivity index (χ3v) is 2.75. The van der Waals surface area contributed by atoms with Crippen molar-refractivity contribution in [2.75, 3.05) is 27.2 Å². The summed E-state index contributed by atoms with van der Waals surface area (Å²) in [4.78, 5) is 34.7. The number of hydrogen-bond donors (Lipinski definition) is 2. The molecular weight excluding hydrogens is 264 g/mol. The van der Waals surface area contributed by atoms with Crippen molar-refractivity contribution in [3.05, 3.63) is 0 Å². The van der Waals surface area contributed by atoms with Crippen molar-refractivity contribution in [3.63, 3.8) is 0 Å². The molecular formula is C13H24N2O5. The number of amides is 2. The molecule has 0 saturated carbocycles. The van der Waals surface area contributed by atoms with E-state index in [1.165, 1.54) is 19.1 Å². The molecule has 2 amide bonds. The second-order valence-corrected chi connectivity index (χ2v) is 5.21. The summed E-state index contributed by atoms with van der Waals surface area (Å²) in [5.74, 6) is -1.16. The molecule has 0 fully saturated rings. The Morgan fingerprint density at radius 3 is 2.35 bits per heavy atom. The van der Waals surface area contributed by atoms with E-state index in [0.29, 0.717) is 12.3 Å². The Morgan fingerprint density at radius 2 is 1.90 bits per heavy atom. The van der Waals surface area contributed by atoms with Gasteiger partial charge in [-0.15, -0.1) is 0 Å². The molecule has 0 heterocycles. The van der Waals surface area contributed by atoms with Gasteiger partial charge in [-0.25, -0.2) is 4.79 Å². The highest BCUT2D eigenvalue weighted by molar-refractivity contribution is 5.80. The number of likely N-dealkylation sites (N-methyl/N-ethyl adjacent to an activating group) is 1. The number of carbonyl (C=O) groups is 3. The van der Waals surface area contributed by atoms with Gasteiger partial charge < -0.3 is 20.1 Å². The lowest BCUT2D eigenvalue weighted by molar-refractivity contribution is -0.141. The van der Waals surface area contributed by atoms with E-state index >= 15 is 0 Å². The normalized spacial score (nSPS) is 11.8. The lowest BCUT2D eigenvalue weighted by atomic mass is 9.94. The average molecular weight is 288 g/mol. The number of aliphatic carboxylic acids is 1. The molecule has 1 atom stereocenters. The highest BCUT2D eigenvalue weighted by Gasteiger charge is 2.18. The van der Waals surface area contributed by atoms with Crippen LogP contribution in [0.4, 0.5) is 4.79 Å². The molecule has 0 spiro atoms. The largest absolute Gasteiger partial charge is 0.481 e. The van der Waals surface area contributed by atoms with Crippen molar-refractivity contribution in [3.8, 4) is 0 Å². The SMILES string of the molecule is COC(=O)CN(C)C(=O)NCC(CC(=O)O)CC(C)C. The summed E-state index contributed by atoms with van der Waals surface area (Å²) >= 11 is 0. The number of carboxylic acid groups (broad SMARTS) is 1. The van der Waals surface area contributed by atoms with Crippen molar-refractivity contribution < 1.29 is 24.2 Å². The van der Waals surface area contributed by atoms with Crippen LogP contribution in [0, 0.1) is 11.8 Å². The van der Waals surface area contributed by atoms with Crippen molar-refractivity contribution in [1.29, 1.82) is 0 Å². The second-order valence-electron chi connectivity index (χ2n) is 5.21. The van der Waals surface area contributed by atoms with E-state index in [-0.39, 0.29) is 25.4 Å². The molecule has 1 unspecified atom stereocenters. The number of hydrogen-bond acceptors (Lipinski definition) is 4. The Kier molecular flexibility index (Phi) is 8.35. The molecule has 0 aromatic carbocycles. The Hall–Kier alpha value is -1.79. The molecule has 0 saturated heterocycles. The number of nitrogens with zero attached hydrogens (tertiary/aromatic N) is 1. The molecule has 7 nitrogen and oxygen atoms in total. The minimum absolute atomic E-state index is 0.0131. The predicted molar refractivity (Wildman–Crippen MR) is 73.2 cm³/mol. The molecule has 2 N–H and O–H groups in total. The molecule has 0 aliphatic heterocycles. The van der Waals surface area contributed by atoms with Gasteiger partial charge >= 0.3 is 18.0 Å². The number of urea groups is 1. The fourth-order valence-corrected chi connectivity index (χ4v) is 1.85. The van der Waals surface area contributed by atoms with Crippen molar-refractivity contribution in [2.45, 2.75) is 26.7 Å². The maximum Gasteiger partial charge on any atom is 0.325 e. The zero-order valence-corrected chi connectivity index (χ0v) is 12.5. The molecule has 0 aromatic heterocycles. The van der Waals surface area contributed by atoms with E-state index < -0.39 is 18.0 Å². The van der Waals surface area contributed by atoms with Crippen LogP contribution in [0.3, 0.4) is 0 Å². The first-order valence-corrected chi connectivity index (χ1v) is 6.53. The zero-order valence-electron chi connectivity index (χ0n) is 12.5. The number of methoxy groups -OCH3 is 1. The summed E-state index contributed by atoms with van der Waals surface area (Å²) < 4.78 is 4.46. The topological polar surface area (TPSA) is 95.9 Å². The minimum atomic E-state index is -0.882. The lowest BCUT2D eigenvalue weighted by Gasteiger charge is -2.21. The van der Waals surface area contributed by atoms with Gasteiger partial charge in [0.1, 0.15) is 6.54 Å². The van der Waals surface area contributed by atoms with Crippen molar-refractivity contribution >= 4 is 18.0 Å². The van der Waals surface area contributed by atoms with Gasteiger partial charge in [0.05, 0.1) is 7.11 Å². The number of esters is 1.